The van der Waals surface area contributed by atoms with E-state index in [9.17, 15) is 19.2 Å². The first-order chi connectivity index (χ1) is 36.8. The zero-order valence-corrected chi connectivity index (χ0v) is 51.8. The average Bonchev–Trinajstić information content (AvgIpc) is 4.13. The van der Waals surface area contributed by atoms with Gasteiger partial charge in [0.1, 0.15) is 19.8 Å². The molecule has 450 valence electrons. The Morgan fingerprint density at radius 1 is 0.468 bits per heavy atom. The number of ether oxygens (including phenoxy) is 5. The number of alkyl carbamates (subject to hydrolysis) is 4. The van der Waals surface area contributed by atoms with Crippen molar-refractivity contribution in [2.24, 2.45) is 68.7 Å². The van der Waals surface area contributed by atoms with Crippen molar-refractivity contribution in [3.63, 3.8) is 0 Å². The highest BCUT2D eigenvalue weighted by molar-refractivity contribution is 5.69. The lowest BCUT2D eigenvalue weighted by atomic mass is 9.62. The summed E-state index contributed by atoms with van der Waals surface area (Å²) in [5, 5.41) is 12.6. The third-order valence-corrected chi connectivity index (χ3v) is 17.2. The quantitative estimate of drug-likeness (QED) is 0.0385. The molecule has 18 nitrogen and oxygen atoms in total. The molecular formula is C61H107N9O9. The Labute approximate surface area is 475 Å². The summed E-state index contributed by atoms with van der Waals surface area (Å²) in [7, 11) is 0. The van der Waals surface area contributed by atoms with Crippen LogP contribution in [0.5, 0.6) is 0 Å². The number of amides is 4. The fourth-order valence-electron chi connectivity index (χ4n) is 15.2. The third kappa shape index (κ3) is 22.9. The van der Waals surface area contributed by atoms with E-state index in [0.717, 1.165) is 103 Å². The Balaban J connectivity index is 1.10. The lowest BCUT2D eigenvalue weighted by molar-refractivity contribution is -0.0377. The van der Waals surface area contributed by atoms with Crippen molar-refractivity contribution in [2.75, 3.05) is 85.5 Å². The minimum atomic E-state index is -0.753. The number of hydrogen-bond donors (Lipinski definition) is 4. The van der Waals surface area contributed by atoms with Crippen LogP contribution in [0.2, 0.25) is 0 Å². The summed E-state index contributed by atoms with van der Waals surface area (Å²) < 4.78 is 28.7. The molecule has 4 aliphatic carbocycles. The standard InChI is InChI=1S/C61H107N9O9/c1-16-22-76-49(71)66-45-24-53(4,5)32-57(12,28-45)36-62-43-64-38-59(14)30-47(26-55(8,9)34-59)68-51(73)78-41-61(17-2,40-75-18-3)42-79-52(74)69-48-27-56(10,11)35-60(15,31-48)39-65-44-63-37-58(13)29-46(25-54(6,7)33-58)67-50(72)77-23-21-70-19-20-70/h45-48H,16-42H2,1-15H3,(H,66,71)(H,67,72)(H,68,73)(H,69,74). The fraction of sp³-hybridized carbons (Fsp3) is 0.902. The van der Waals surface area contributed by atoms with E-state index in [1.54, 1.807) is 0 Å². The molecule has 1 aliphatic heterocycles. The van der Waals surface area contributed by atoms with Crippen LogP contribution in [0.25, 0.3) is 0 Å². The van der Waals surface area contributed by atoms with Gasteiger partial charge in [0, 0.05) is 50.4 Å². The van der Waals surface area contributed by atoms with Gasteiger partial charge in [-0.15, -0.1) is 0 Å². The van der Waals surface area contributed by atoms with Crippen LogP contribution in [-0.2, 0) is 23.7 Å². The van der Waals surface area contributed by atoms with Crippen LogP contribution < -0.4 is 21.3 Å². The largest absolute Gasteiger partial charge is 0.450 e. The molecule has 4 amide bonds. The minimum absolute atomic E-state index is 0.00947. The second-order valence-corrected chi connectivity index (χ2v) is 29.8. The monoisotopic (exact) mass is 1110 g/mol. The van der Waals surface area contributed by atoms with Gasteiger partial charge in [-0.1, -0.05) is 96.9 Å². The molecule has 1 heterocycles. The van der Waals surface area contributed by atoms with Crippen LogP contribution in [-0.4, -0.2) is 151 Å². The Morgan fingerprint density at radius 2 is 0.785 bits per heavy atom. The zero-order chi connectivity index (χ0) is 58.4. The molecule has 18 heteroatoms. The normalized spacial score (nSPS) is 31.2. The van der Waals surface area contributed by atoms with Gasteiger partial charge in [-0.25, -0.2) is 39.1 Å². The highest BCUT2D eigenvalue weighted by atomic mass is 16.6. The van der Waals surface area contributed by atoms with Gasteiger partial charge in [-0.2, -0.15) is 0 Å². The second kappa shape index (κ2) is 27.7. The maximum Gasteiger partial charge on any atom is 0.407 e. The molecule has 0 aromatic rings. The molecular weight excluding hydrogens is 1000 g/mol. The predicted octanol–water partition coefficient (Wildman–Crippen LogP) is 11.7. The minimum Gasteiger partial charge on any atom is -0.450 e. The fourth-order valence-corrected chi connectivity index (χ4v) is 15.2. The summed E-state index contributed by atoms with van der Waals surface area (Å²) >= 11 is 0. The molecule has 0 aromatic carbocycles. The number of carbonyl (C=O) groups excluding carboxylic acids is 4. The van der Waals surface area contributed by atoms with Crippen molar-refractivity contribution in [1.82, 2.24) is 26.2 Å². The molecule has 0 bridgehead atoms. The number of hydrogen-bond acceptors (Lipinski definition) is 14. The molecule has 79 heavy (non-hydrogen) atoms. The first-order valence-electron chi connectivity index (χ1n) is 30.0. The van der Waals surface area contributed by atoms with Gasteiger partial charge in [-0.05, 0) is 140 Å². The third-order valence-electron chi connectivity index (χ3n) is 17.2. The number of aliphatic imine (C=N–C) groups is 4. The van der Waals surface area contributed by atoms with Crippen LogP contribution in [0.4, 0.5) is 19.2 Å². The number of nitrogens with one attached hydrogen (secondary N) is 4. The van der Waals surface area contributed by atoms with Gasteiger partial charge >= 0.3 is 24.4 Å². The van der Waals surface area contributed by atoms with Crippen molar-refractivity contribution in [3.05, 3.63) is 0 Å². The molecule has 1 saturated heterocycles. The summed E-state index contributed by atoms with van der Waals surface area (Å²) in [5.41, 5.74) is -1.45. The first-order valence-corrected chi connectivity index (χ1v) is 30.0. The molecule has 4 saturated carbocycles. The lowest BCUT2D eigenvalue weighted by Crippen LogP contribution is -2.49. The van der Waals surface area contributed by atoms with Crippen molar-refractivity contribution in [1.29, 1.82) is 0 Å². The van der Waals surface area contributed by atoms with Crippen LogP contribution in [0.3, 0.4) is 0 Å². The van der Waals surface area contributed by atoms with Crippen LogP contribution in [0.1, 0.15) is 194 Å². The van der Waals surface area contributed by atoms with Gasteiger partial charge in [0.2, 0.25) is 0 Å². The average molecular weight is 1110 g/mol. The molecule has 0 radical (unpaired) electrons. The predicted molar refractivity (Wildman–Crippen MR) is 311 cm³/mol. The SMILES string of the molecule is CCCOC(=O)NC1CC(C)(C)CC(C)(CN=C=NCC2(C)CC(NC(=O)OCC(CC)(COCC)COC(=O)NC3CC(C)(C)CC(C)(CN=C=NCC4(C)CC(NC(=O)OCCN5CC5)CC(C)(C)C4)C3)CC(C)(C)C2)C1. The van der Waals surface area contributed by atoms with E-state index in [-0.39, 0.29) is 99.5 Å². The summed E-state index contributed by atoms with van der Waals surface area (Å²) in [6, 6.07) is 5.81. The van der Waals surface area contributed by atoms with E-state index in [2.05, 4.69) is 126 Å². The molecule has 5 aliphatic rings. The molecule has 0 spiro atoms. The highest BCUT2D eigenvalue weighted by Gasteiger charge is 2.46. The number of carbonyl (C=O) groups is 4. The lowest BCUT2D eigenvalue weighted by Gasteiger charge is -2.46. The Hall–Kier alpha value is -4.24. The van der Waals surface area contributed by atoms with Gasteiger partial charge in [0.25, 0.3) is 0 Å². The van der Waals surface area contributed by atoms with E-state index in [4.69, 9.17) is 38.7 Å². The van der Waals surface area contributed by atoms with Gasteiger partial charge in [-0.3, -0.25) is 4.90 Å². The Morgan fingerprint density at radius 3 is 1.08 bits per heavy atom. The van der Waals surface area contributed by atoms with E-state index in [1.165, 1.54) is 0 Å². The Kier molecular flexibility index (Phi) is 23.0. The summed E-state index contributed by atoms with van der Waals surface area (Å²) in [6.45, 7) is 39.4. The number of nitrogens with zero attached hydrogens (tertiary/aromatic N) is 5. The summed E-state index contributed by atoms with van der Waals surface area (Å²) in [4.78, 5) is 73.4. The zero-order valence-electron chi connectivity index (χ0n) is 51.8. The van der Waals surface area contributed by atoms with Crippen LogP contribution in [0.15, 0.2) is 20.0 Å². The smallest absolute Gasteiger partial charge is 0.407 e. The molecule has 0 aromatic heterocycles. The van der Waals surface area contributed by atoms with Crippen molar-refractivity contribution in [3.8, 4) is 0 Å². The summed E-state index contributed by atoms with van der Waals surface area (Å²) in [6.07, 6.45) is 9.85. The van der Waals surface area contributed by atoms with Crippen LogP contribution >= 0.6 is 0 Å². The highest BCUT2D eigenvalue weighted by Crippen LogP contribution is 2.50. The molecule has 5 rings (SSSR count). The molecule has 9 atom stereocenters. The van der Waals surface area contributed by atoms with E-state index in [0.29, 0.717) is 52.4 Å². The topological polar surface area (TPSA) is 215 Å². The number of rotatable bonds is 25. The first kappa shape index (κ1) is 65.6. The van der Waals surface area contributed by atoms with Crippen molar-refractivity contribution < 1.29 is 42.9 Å². The molecule has 4 N–H and O–H groups in total. The van der Waals surface area contributed by atoms with Crippen molar-refractivity contribution in [2.45, 2.75) is 218 Å². The van der Waals surface area contributed by atoms with Crippen molar-refractivity contribution >= 4 is 36.4 Å². The van der Waals surface area contributed by atoms with Gasteiger partial charge < -0.3 is 45.0 Å². The van der Waals surface area contributed by atoms with E-state index < -0.39 is 17.6 Å². The maximum atomic E-state index is 13.7. The molecule has 5 fully saturated rings. The van der Waals surface area contributed by atoms with Crippen LogP contribution in [0, 0.1) is 48.7 Å². The molecule has 9 unspecified atom stereocenters. The Bertz CT molecular complexity index is 2170. The van der Waals surface area contributed by atoms with E-state index in [1.807, 2.05) is 20.8 Å². The summed E-state index contributed by atoms with van der Waals surface area (Å²) in [5.74, 6) is 0. The second-order valence-electron chi connectivity index (χ2n) is 29.8. The maximum absolute atomic E-state index is 13.7. The van der Waals surface area contributed by atoms with Gasteiger partial charge in [0.05, 0.1) is 56.8 Å². The van der Waals surface area contributed by atoms with E-state index >= 15 is 0 Å². The van der Waals surface area contributed by atoms with Gasteiger partial charge in [0.15, 0.2) is 0 Å².